The molecule has 0 spiro atoms. The summed E-state index contributed by atoms with van der Waals surface area (Å²) in [6.45, 7) is 0.430. The molecule has 0 radical (unpaired) electrons. The van der Waals surface area contributed by atoms with Crippen LogP contribution in [0.5, 0.6) is 0 Å². The van der Waals surface area contributed by atoms with Crippen molar-refractivity contribution in [2.24, 2.45) is 0 Å². The Labute approximate surface area is 153 Å². The van der Waals surface area contributed by atoms with Gasteiger partial charge in [0.05, 0.1) is 12.0 Å². The quantitative estimate of drug-likeness (QED) is 0.749. The fourth-order valence-corrected chi connectivity index (χ4v) is 2.27. The Morgan fingerprint density at radius 3 is 2.04 bits per heavy atom. The average Bonchev–Trinajstić information content (AvgIpc) is 2.59. The third-order valence-corrected chi connectivity index (χ3v) is 3.74. The fraction of sp³-hybridized carbons (Fsp3) is 0.222. The van der Waals surface area contributed by atoms with Crippen molar-refractivity contribution in [1.82, 2.24) is 10.6 Å². The van der Waals surface area contributed by atoms with Crippen LogP contribution in [-0.2, 0) is 17.4 Å². The first-order valence-corrected chi connectivity index (χ1v) is 8.10. The lowest BCUT2D eigenvalue weighted by atomic mass is 10.1. The SMILES string of the molecule is O=C(Cc1ccc(C(F)(F)F)cc1)NCCNC(=O)c1ccc(Cl)cc1. The number of halogens is 4. The maximum atomic E-state index is 12.5. The first kappa shape index (κ1) is 19.8. The van der Waals surface area contributed by atoms with Crippen molar-refractivity contribution in [3.63, 3.8) is 0 Å². The van der Waals surface area contributed by atoms with Crippen LogP contribution in [0.3, 0.4) is 0 Å². The molecule has 2 amide bonds. The van der Waals surface area contributed by atoms with E-state index in [4.69, 9.17) is 11.6 Å². The fourth-order valence-electron chi connectivity index (χ4n) is 2.14. The largest absolute Gasteiger partial charge is 0.416 e. The highest BCUT2D eigenvalue weighted by Crippen LogP contribution is 2.29. The molecule has 0 heterocycles. The molecule has 2 rings (SSSR count). The predicted octanol–water partition coefficient (Wildman–Crippen LogP) is 3.45. The van der Waals surface area contributed by atoms with Crippen LogP contribution in [0.1, 0.15) is 21.5 Å². The maximum Gasteiger partial charge on any atom is 0.416 e. The molecule has 2 N–H and O–H groups in total. The lowest BCUT2D eigenvalue weighted by molar-refractivity contribution is -0.137. The van der Waals surface area contributed by atoms with E-state index in [1.54, 1.807) is 24.3 Å². The molecule has 0 fully saturated rings. The van der Waals surface area contributed by atoms with Crippen molar-refractivity contribution < 1.29 is 22.8 Å². The van der Waals surface area contributed by atoms with Gasteiger partial charge in [-0.15, -0.1) is 0 Å². The van der Waals surface area contributed by atoms with Gasteiger partial charge in [-0.05, 0) is 42.0 Å². The van der Waals surface area contributed by atoms with E-state index in [9.17, 15) is 22.8 Å². The van der Waals surface area contributed by atoms with Crippen LogP contribution in [0.4, 0.5) is 13.2 Å². The van der Waals surface area contributed by atoms with Gasteiger partial charge in [0.15, 0.2) is 0 Å². The lowest BCUT2D eigenvalue weighted by Crippen LogP contribution is -2.35. The molecule has 0 aliphatic heterocycles. The zero-order valence-electron chi connectivity index (χ0n) is 13.6. The second-order valence-corrected chi connectivity index (χ2v) is 5.92. The van der Waals surface area contributed by atoms with Gasteiger partial charge >= 0.3 is 6.18 Å². The van der Waals surface area contributed by atoms with E-state index in [1.165, 1.54) is 12.1 Å². The second kappa shape index (κ2) is 8.71. The van der Waals surface area contributed by atoms with E-state index in [-0.39, 0.29) is 31.3 Å². The Kier molecular flexibility index (Phi) is 6.63. The van der Waals surface area contributed by atoms with Gasteiger partial charge in [-0.2, -0.15) is 13.2 Å². The number of alkyl halides is 3. The van der Waals surface area contributed by atoms with Crippen LogP contribution >= 0.6 is 11.6 Å². The van der Waals surface area contributed by atoms with Gasteiger partial charge in [-0.25, -0.2) is 0 Å². The topological polar surface area (TPSA) is 58.2 Å². The molecular formula is C18H16ClF3N2O2. The summed E-state index contributed by atoms with van der Waals surface area (Å²) >= 11 is 5.74. The number of hydrogen-bond acceptors (Lipinski definition) is 2. The van der Waals surface area contributed by atoms with Gasteiger partial charge in [0, 0.05) is 23.7 Å². The summed E-state index contributed by atoms with van der Waals surface area (Å²) in [4.78, 5) is 23.6. The number of nitrogens with one attached hydrogen (secondary N) is 2. The van der Waals surface area contributed by atoms with Crippen molar-refractivity contribution in [2.45, 2.75) is 12.6 Å². The van der Waals surface area contributed by atoms with Crippen LogP contribution in [0.15, 0.2) is 48.5 Å². The maximum absolute atomic E-state index is 12.5. The molecule has 2 aromatic carbocycles. The highest BCUT2D eigenvalue weighted by molar-refractivity contribution is 6.30. The zero-order valence-corrected chi connectivity index (χ0v) is 14.3. The Morgan fingerprint density at radius 1 is 0.885 bits per heavy atom. The van der Waals surface area contributed by atoms with Gasteiger partial charge in [-0.3, -0.25) is 9.59 Å². The molecule has 26 heavy (non-hydrogen) atoms. The molecule has 0 aliphatic carbocycles. The summed E-state index contributed by atoms with van der Waals surface area (Å²) in [5.41, 5.74) is 0.165. The van der Waals surface area contributed by atoms with E-state index in [0.29, 0.717) is 16.1 Å². The summed E-state index contributed by atoms with van der Waals surface area (Å²) in [5.74, 6) is -0.635. The molecule has 138 valence electrons. The van der Waals surface area contributed by atoms with Crippen molar-refractivity contribution in [2.75, 3.05) is 13.1 Å². The predicted molar refractivity (Wildman–Crippen MR) is 91.9 cm³/mol. The number of rotatable bonds is 6. The van der Waals surface area contributed by atoms with Gasteiger partial charge < -0.3 is 10.6 Å². The normalized spacial score (nSPS) is 11.1. The molecule has 4 nitrogen and oxygen atoms in total. The van der Waals surface area contributed by atoms with Crippen molar-refractivity contribution >= 4 is 23.4 Å². The smallest absolute Gasteiger partial charge is 0.354 e. The van der Waals surface area contributed by atoms with Crippen LogP contribution < -0.4 is 10.6 Å². The summed E-state index contributed by atoms with van der Waals surface area (Å²) in [7, 11) is 0. The Morgan fingerprint density at radius 2 is 1.46 bits per heavy atom. The summed E-state index contributed by atoms with van der Waals surface area (Å²) in [6, 6.07) is 10.8. The molecule has 0 aliphatic rings. The van der Waals surface area contributed by atoms with E-state index in [1.807, 2.05) is 0 Å². The van der Waals surface area contributed by atoms with Gasteiger partial charge in [-0.1, -0.05) is 23.7 Å². The Balaban J connectivity index is 1.72. The first-order chi connectivity index (χ1) is 12.3. The standard InChI is InChI=1S/C18H16ClF3N2O2/c19-15-7-3-13(4-8-15)17(26)24-10-9-23-16(25)11-12-1-5-14(6-2-12)18(20,21)22/h1-8H,9-11H2,(H,23,25)(H,24,26). The minimum atomic E-state index is -4.40. The van der Waals surface area contributed by atoms with Crippen molar-refractivity contribution in [3.05, 3.63) is 70.2 Å². The highest BCUT2D eigenvalue weighted by atomic mass is 35.5. The van der Waals surface area contributed by atoms with E-state index in [0.717, 1.165) is 12.1 Å². The van der Waals surface area contributed by atoms with Crippen molar-refractivity contribution in [3.8, 4) is 0 Å². The van der Waals surface area contributed by atoms with Crippen LogP contribution in [0.2, 0.25) is 5.02 Å². The number of benzene rings is 2. The number of amides is 2. The lowest BCUT2D eigenvalue weighted by Gasteiger charge is -2.09. The second-order valence-electron chi connectivity index (χ2n) is 5.48. The van der Waals surface area contributed by atoms with Crippen LogP contribution in [0, 0.1) is 0 Å². The molecule has 8 heteroatoms. The van der Waals surface area contributed by atoms with E-state index < -0.39 is 11.7 Å². The minimum Gasteiger partial charge on any atom is -0.354 e. The molecule has 0 aromatic heterocycles. The molecule has 0 saturated heterocycles. The Hall–Kier alpha value is -2.54. The van der Waals surface area contributed by atoms with Crippen LogP contribution in [0.25, 0.3) is 0 Å². The highest BCUT2D eigenvalue weighted by Gasteiger charge is 2.29. The van der Waals surface area contributed by atoms with E-state index in [2.05, 4.69) is 10.6 Å². The molecular weight excluding hydrogens is 369 g/mol. The number of carbonyl (C=O) groups is 2. The van der Waals surface area contributed by atoms with Crippen molar-refractivity contribution in [1.29, 1.82) is 0 Å². The number of carbonyl (C=O) groups excluding carboxylic acids is 2. The number of hydrogen-bond donors (Lipinski definition) is 2. The minimum absolute atomic E-state index is 0.0384. The summed E-state index contributed by atoms with van der Waals surface area (Å²) in [6.07, 6.45) is -4.44. The molecule has 2 aromatic rings. The Bertz CT molecular complexity index is 760. The van der Waals surface area contributed by atoms with Gasteiger partial charge in [0.2, 0.25) is 5.91 Å². The summed E-state index contributed by atoms with van der Waals surface area (Å²) < 4.78 is 37.4. The zero-order chi connectivity index (χ0) is 19.2. The van der Waals surface area contributed by atoms with Gasteiger partial charge in [0.1, 0.15) is 0 Å². The third kappa shape index (κ3) is 6.07. The first-order valence-electron chi connectivity index (χ1n) is 7.72. The van der Waals surface area contributed by atoms with Crippen LogP contribution in [-0.4, -0.2) is 24.9 Å². The molecule has 0 bridgehead atoms. The average molecular weight is 385 g/mol. The third-order valence-electron chi connectivity index (χ3n) is 3.49. The van der Waals surface area contributed by atoms with E-state index >= 15 is 0 Å². The molecule has 0 atom stereocenters. The molecule has 0 unspecified atom stereocenters. The van der Waals surface area contributed by atoms with Gasteiger partial charge in [0.25, 0.3) is 5.91 Å². The summed E-state index contributed by atoms with van der Waals surface area (Å²) in [5, 5.41) is 5.76. The monoisotopic (exact) mass is 384 g/mol. The molecule has 0 saturated carbocycles.